The van der Waals surface area contributed by atoms with Gasteiger partial charge in [0, 0.05) is 5.56 Å². The fraction of sp³-hybridized carbons (Fsp3) is 0.133. The molecular weight excluding hydrogens is 382 g/mol. The largest absolute Gasteiger partial charge is 0.465 e. The van der Waals surface area contributed by atoms with Gasteiger partial charge in [0.1, 0.15) is 5.56 Å². The molecule has 3 aromatic rings. The molecular formula is C15H8Cl2F3N3O2. The minimum atomic E-state index is -4.72. The third kappa shape index (κ3) is 3.14. The van der Waals surface area contributed by atoms with Crippen molar-refractivity contribution in [3.05, 3.63) is 51.8 Å². The van der Waals surface area contributed by atoms with E-state index in [0.29, 0.717) is 10.1 Å². The Morgan fingerprint density at radius 1 is 1.20 bits per heavy atom. The van der Waals surface area contributed by atoms with Gasteiger partial charge in [0.25, 0.3) is 0 Å². The van der Waals surface area contributed by atoms with Gasteiger partial charge < -0.3 is 4.74 Å². The smallest absolute Gasteiger partial charge is 0.433 e. The number of nitrogens with zero attached hydrogens (tertiary/aromatic N) is 3. The second-order valence-electron chi connectivity index (χ2n) is 4.94. The van der Waals surface area contributed by atoms with E-state index in [1.165, 1.54) is 18.2 Å². The number of fused-ring (bicyclic) bond motifs is 1. The van der Waals surface area contributed by atoms with Crippen LogP contribution in [0.15, 0.2) is 30.5 Å². The van der Waals surface area contributed by atoms with E-state index in [4.69, 9.17) is 23.2 Å². The van der Waals surface area contributed by atoms with Crippen molar-refractivity contribution in [3.8, 4) is 11.3 Å². The number of aromatic nitrogens is 3. The maximum Gasteiger partial charge on any atom is 0.433 e. The molecule has 0 saturated heterocycles. The summed E-state index contributed by atoms with van der Waals surface area (Å²) in [5.74, 6) is -0.845. The minimum absolute atomic E-state index is 0.0379. The molecule has 0 saturated carbocycles. The first kappa shape index (κ1) is 17.5. The average Bonchev–Trinajstić information content (AvgIpc) is 2.98. The van der Waals surface area contributed by atoms with Crippen molar-refractivity contribution in [1.82, 2.24) is 14.6 Å². The molecule has 0 radical (unpaired) electrons. The van der Waals surface area contributed by atoms with E-state index < -0.39 is 17.8 Å². The molecule has 3 rings (SSSR count). The lowest BCUT2D eigenvalue weighted by molar-refractivity contribution is -0.142. The highest BCUT2D eigenvalue weighted by atomic mass is 35.5. The van der Waals surface area contributed by atoms with Crippen LogP contribution in [0.1, 0.15) is 16.1 Å². The van der Waals surface area contributed by atoms with E-state index in [2.05, 4.69) is 14.8 Å². The molecule has 10 heteroatoms. The van der Waals surface area contributed by atoms with E-state index in [1.54, 1.807) is 0 Å². The SMILES string of the molecule is COC(=O)c1cnn2c(C(F)(F)F)cc(-c3ccc(Cl)c(Cl)c3)nc12. The number of ether oxygens (including phenoxy) is 1. The van der Waals surface area contributed by atoms with Crippen molar-refractivity contribution in [2.45, 2.75) is 6.18 Å². The Morgan fingerprint density at radius 3 is 2.52 bits per heavy atom. The quantitative estimate of drug-likeness (QED) is 0.605. The van der Waals surface area contributed by atoms with Crippen LogP contribution in [0.2, 0.25) is 10.0 Å². The van der Waals surface area contributed by atoms with Crippen LogP contribution in [-0.4, -0.2) is 27.7 Å². The Hall–Kier alpha value is -2.32. The molecule has 0 atom stereocenters. The highest BCUT2D eigenvalue weighted by Crippen LogP contribution is 2.34. The molecule has 130 valence electrons. The monoisotopic (exact) mass is 389 g/mol. The van der Waals surface area contributed by atoms with Crippen molar-refractivity contribution in [2.24, 2.45) is 0 Å². The Labute approximate surface area is 148 Å². The van der Waals surface area contributed by atoms with Crippen molar-refractivity contribution >= 4 is 34.8 Å². The highest BCUT2D eigenvalue weighted by Gasteiger charge is 2.36. The molecule has 0 unspecified atom stereocenters. The van der Waals surface area contributed by atoms with Crippen molar-refractivity contribution in [2.75, 3.05) is 7.11 Å². The summed E-state index contributed by atoms with van der Waals surface area (Å²) in [5, 5.41) is 4.02. The number of carbonyl (C=O) groups excluding carboxylic acids is 1. The van der Waals surface area contributed by atoms with E-state index in [-0.39, 0.29) is 26.9 Å². The Kier molecular flexibility index (Phi) is 4.34. The Bertz CT molecular complexity index is 986. The van der Waals surface area contributed by atoms with Gasteiger partial charge in [-0.25, -0.2) is 14.3 Å². The van der Waals surface area contributed by atoms with E-state index in [9.17, 15) is 18.0 Å². The fourth-order valence-corrected chi connectivity index (χ4v) is 2.52. The molecule has 0 aliphatic carbocycles. The highest BCUT2D eigenvalue weighted by molar-refractivity contribution is 6.42. The third-order valence-corrected chi connectivity index (χ3v) is 4.12. The topological polar surface area (TPSA) is 56.5 Å². The summed E-state index contributed by atoms with van der Waals surface area (Å²) >= 11 is 11.7. The van der Waals surface area contributed by atoms with Gasteiger partial charge >= 0.3 is 12.1 Å². The summed E-state index contributed by atoms with van der Waals surface area (Å²) in [7, 11) is 1.11. The fourth-order valence-electron chi connectivity index (χ4n) is 2.22. The first-order valence-electron chi connectivity index (χ1n) is 6.72. The van der Waals surface area contributed by atoms with Crippen LogP contribution in [0, 0.1) is 0 Å². The normalized spacial score (nSPS) is 11.8. The lowest BCUT2D eigenvalue weighted by atomic mass is 10.1. The van der Waals surface area contributed by atoms with E-state index in [1.807, 2.05) is 0 Å². The summed E-state index contributed by atoms with van der Waals surface area (Å²) in [6.07, 6.45) is -3.74. The maximum atomic E-state index is 13.4. The van der Waals surface area contributed by atoms with Crippen molar-refractivity contribution in [3.63, 3.8) is 0 Å². The van der Waals surface area contributed by atoms with Gasteiger partial charge in [0.05, 0.1) is 29.0 Å². The molecule has 0 N–H and O–H groups in total. The molecule has 0 fully saturated rings. The summed E-state index contributed by atoms with van der Waals surface area (Å²) in [6.45, 7) is 0. The predicted octanol–water partition coefficient (Wildman–Crippen LogP) is 4.51. The molecule has 0 aliphatic rings. The zero-order valence-electron chi connectivity index (χ0n) is 12.4. The first-order valence-corrected chi connectivity index (χ1v) is 7.47. The van der Waals surface area contributed by atoms with Gasteiger partial charge in [0.2, 0.25) is 0 Å². The van der Waals surface area contributed by atoms with Crippen LogP contribution < -0.4 is 0 Å². The summed E-state index contributed by atoms with van der Waals surface area (Å²) in [6, 6.07) is 5.12. The summed E-state index contributed by atoms with van der Waals surface area (Å²) < 4.78 is 45.3. The molecule has 0 bridgehead atoms. The number of esters is 1. The number of carbonyl (C=O) groups is 1. The first-order chi connectivity index (χ1) is 11.7. The average molecular weight is 390 g/mol. The molecule has 1 aromatic carbocycles. The zero-order valence-corrected chi connectivity index (χ0v) is 13.9. The molecule has 25 heavy (non-hydrogen) atoms. The summed E-state index contributed by atoms with van der Waals surface area (Å²) in [4.78, 5) is 15.9. The third-order valence-electron chi connectivity index (χ3n) is 3.38. The standard InChI is InChI=1S/C15H8Cl2F3N3O2/c1-25-14(24)8-6-21-23-12(15(18,19)20)5-11(22-13(8)23)7-2-3-9(16)10(17)4-7/h2-6H,1H3. The molecule has 0 spiro atoms. The minimum Gasteiger partial charge on any atom is -0.465 e. The number of methoxy groups -OCH3 is 1. The van der Waals surface area contributed by atoms with Gasteiger partial charge in [-0.1, -0.05) is 29.3 Å². The number of halogens is 5. The van der Waals surface area contributed by atoms with Crippen LogP contribution in [-0.2, 0) is 10.9 Å². The number of rotatable bonds is 2. The van der Waals surface area contributed by atoms with Crippen LogP contribution in [0.5, 0.6) is 0 Å². The predicted molar refractivity (Wildman–Crippen MR) is 84.8 cm³/mol. The van der Waals surface area contributed by atoms with Crippen LogP contribution in [0.3, 0.4) is 0 Å². The number of benzene rings is 1. The molecule has 0 aliphatic heterocycles. The van der Waals surface area contributed by atoms with Gasteiger partial charge in [-0.2, -0.15) is 18.3 Å². The van der Waals surface area contributed by atoms with Crippen molar-refractivity contribution < 1.29 is 22.7 Å². The van der Waals surface area contributed by atoms with Crippen LogP contribution >= 0.6 is 23.2 Å². The van der Waals surface area contributed by atoms with Crippen molar-refractivity contribution in [1.29, 1.82) is 0 Å². The van der Waals surface area contributed by atoms with Gasteiger partial charge in [-0.15, -0.1) is 0 Å². The summed E-state index contributed by atoms with van der Waals surface area (Å²) in [5.41, 5.74) is -1.28. The second kappa shape index (κ2) is 6.20. The molecule has 2 aromatic heterocycles. The Morgan fingerprint density at radius 2 is 1.92 bits per heavy atom. The lowest BCUT2D eigenvalue weighted by Crippen LogP contribution is -2.14. The zero-order chi connectivity index (χ0) is 18.4. The van der Waals surface area contributed by atoms with Gasteiger partial charge in [-0.05, 0) is 18.2 Å². The Balaban J connectivity index is 2.32. The van der Waals surface area contributed by atoms with Crippen LogP contribution in [0.4, 0.5) is 13.2 Å². The number of alkyl halides is 3. The lowest BCUT2D eigenvalue weighted by Gasteiger charge is -2.11. The number of hydrogen-bond acceptors (Lipinski definition) is 4. The maximum absolute atomic E-state index is 13.4. The molecule has 2 heterocycles. The van der Waals surface area contributed by atoms with Gasteiger partial charge in [0.15, 0.2) is 11.3 Å². The molecule has 0 amide bonds. The molecule has 5 nitrogen and oxygen atoms in total. The van der Waals surface area contributed by atoms with Gasteiger partial charge in [-0.3, -0.25) is 0 Å². The second-order valence-corrected chi connectivity index (χ2v) is 5.75. The number of hydrogen-bond donors (Lipinski definition) is 0. The van der Waals surface area contributed by atoms with E-state index >= 15 is 0 Å². The van der Waals surface area contributed by atoms with E-state index in [0.717, 1.165) is 19.4 Å². The van der Waals surface area contributed by atoms with Crippen LogP contribution in [0.25, 0.3) is 16.9 Å².